The maximum atomic E-state index is 13.7. The van der Waals surface area contributed by atoms with Crippen LogP contribution in [0.25, 0.3) is 21.5 Å². The maximum absolute atomic E-state index is 13.7. The summed E-state index contributed by atoms with van der Waals surface area (Å²) in [6.07, 6.45) is 0.386. The molecule has 2 aliphatic rings. The van der Waals surface area contributed by atoms with Crippen LogP contribution in [0.4, 0.5) is 17.1 Å². The fourth-order valence-electron chi connectivity index (χ4n) is 7.54. The van der Waals surface area contributed by atoms with Crippen molar-refractivity contribution in [1.29, 1.82) is 0 Å². The molecule has 1 heterocycles. The SMILES string of the molecule is CC(C)(C)c1ccc2c(c1)C(C)(C)c1cc(CC3C(=O)c4cc5ccccc5cc4C3=O)ccc1N2c1ccc2ccccc2c1. The average molecular weight is 600 g/mol. The van der Waals surface area contributed by atoms with E-state index in [1.165, 1.54) is 33.2 Å². The Labute approximate surface area is 270 Å². The average Bonchev–Trinajstić information content (AvgIpc) is 3.27. The first kappa shape index (κ1) is 28.5. The molecule has 0 amide bonds. The van der Waals surface area contributed by atoms with Crippen LogP contribution in [0.15, 0.2) is 115 Å². The predicted octanol–water partition coefficient (Wildman–Crippen LogP) is 10.6. The summed E-state index contributed by atoms with van der Waals surface area (Å²) in [5, 5.41) is 4.38. The number of carbonyl (C=O) groups is 2. The summed E-state index contributed by atoms with van der Waals surface area (Å²) < 4.78 is 0. The quantitative estimate of drug-likeness (QED) is 0.190. The van der Waals surface area contributed by atoms with Gasteiger partial charge in [0, 0.05) is 22.2 Å². The third-order valence-corrected chi connectivity index (χ3v) is 10.2. The Kier molecular flexibility index (Phi) is 6.18. The standard InChI is InChI=1S/C43H37NO2/c1-42(2,3)31-16-19-39-37(25-31)43(4,5)36-21-26(14-18-38(36)44(39)32-17-15-27-10-6-7-11-28(27)22-32)20-35-40(45)33-23-29-12-8-9-13-30(29)24-34(33)41(35)46/h6-19,21-25,35H,20H2,1-5H3. The van der Waals surface area contributed by atoms with Crippen LogP contribution in [0, 0.1) is 5.92 Å². The normalized spacial score (nSPS) is 15.7. The number of nitrogens with zero attached hydrogens (tertiary/aromatic N) is 1. The lowest BCUT2D eigenvalue weighted by Gasteiger charge is -2.43. The second-order valence-electron chi connectivity index (χ2n) is 14.6. The zero-order valence-electron chi connectivity index (χ0n) is 27.0. The Morgan fingerprint density at radius 1 is 0.609 bits per heavy atom. The Morgan fingerprint density at radius 2 is 1.15 bits per heavy atom. The minimum atomic E-state index is -0.701. The summed E-state index contributed by atoms with van der Waals surface area (Å²) in [5.41, 5.74) is 8.98. The van der Waals surface area contributed by atoms with Gasteiger partial charge in [0.15, 0.2) is 11.6 Å². The molecule has 3 heteroatoms. The lowest BCUT2D eigenvalue weighted by Crippen LogP contribution is -2.31. The molecule has 0 atom stereocenters. The lowest BCUT2D eigenvalue weighted by molar-refractivity contribution is 0.0838. The molecule has 6 aromatic rings. The second-order valence-corrected chi connectivity index (χ2v) is 14.6. The molecular weight excluding hydrogens is 562 g/mol. The van der Waals surface area contributed by atoms with Gasteiger partial charge in [0.05, 0.1) is 17.3 Å². The highest BCUT2D eigenvalue weighted by Crippen LogP contribution is 2.53. The van der Waals surface area contributed by atoms with Crippen molar-refractivity contribution in [2.45, 2.75) is 51.9 Å². The van der Waals surface area contributed by atoms with E-state index in [4.69, 9.17) is 0 Å². The molecule has 0 saturated heterocycles. The monoisotopic (exact) mass is 599 g/mol. The van der Waals surface area contributed by atoms with Crippen molar-refractivity contribution < 1.29 is 9.59 Å². The Morgan fingerprint density at radius 3 is 1.76 bits per heavy atom. The van der Waals surface area contributed by atoms with Gasteiger partial charge in [0.1, 0.15) is 0 Å². The predicted molar refractivity (Wildman–Crippen MR) is 189 cm³/mol. The van der Waals surface area contributed by atoms with E-state index < -0.39 is 5.92 Å². The van der Waals surface area contributed by atoms with E-state index in [-0.39, 0.29) is 22.4 Å². The van der Waals surface area contributed by atoms with Crippen LogP contribution in [0.5, 0.6) is 0 Å². The van der Waals surface area contributed by atoms with Crippen molar-refractivity contribution in [2.24, 2.45) is 5.92 Å². The van der Waals surface area contributed by atoms with Crippen LogP contribution in [0.3, 0.4) is 0 Å². The van der Waals surface area contributed by atoms with E-state index in [1.807, 2.05) is 36.4 Å². The van der Waals surface area contributed by atoms with Gasteiger partial charge in [-0.05, 0) is 92.0 Å². The Bertz CT molecular complexity index is 2200. The fourth-order valence-corrected chi connectivity index (χ4v) is 7.54. The molecule has 6 aromatic carbocycles. The second kappa shape index (κ2) is 9.99. The lowest BCUT2D eigenvalue weighted by atomic mass is 9.71. The Balaban J connectivity index is 1.24. The van der Waals surface area contributed by atoms with Crippen LogP contribution < -0.4 is 4.90 Å². The molecule has 0 saturated carbocycles. The van der Waals surface area contributed by atoms with E-state index in [2.05, 4.69) is 118 Å². The summed E-state index contributed by atoms with van der Waals surface area (Å²) in [6, 6.07) is 40.3. The van der Waals surface area contributed by atoms with Gasteiger partial charge in [-0.25, -0.2) is 0 Å². The van der Waals surface area contributed by atoms with E-state index in [0.29, 0.717) is 17.5 Å². The summed E-state index contributed by atoms with van der Waals surface area (Å²) in [6.45, 7) is 11.4. The summed E-state index contributed by atoms with van der Waals surface area (Å²) in [4.78, 5) is 29.7. The van der Waals surface area contributed by atoms with Gasteiger partial charge < -0.3 is 4.90 Å². The topological polar surface area (TPSA) is 37.4 Å². The van der Waals surface area contributed by atoms with Crippen molar-refractivity contribution in [3.63, 3.8) is 0 Å². The van der Waals surface area contributed by atoms with Crippen molar-refractivity contribution in [2.75, 3.05) is 4.90 Å². The molecule has 46 heavy (non-hydrogen) atoms. The highest BCUT2D eigenvalue weighted by Gasteiger charge is 2.41. The van der Waals surface area contributed by atoms with Crippen LogP contribution in [0.2, 0.25) is 0 Å². The summed E-state index contributed by atoms with van der Waals surface area (Å²) in [5.74, 6) is -0.839. The smallest absolute Gasteiger partial charge is 0.174 e. The molecule has 3 nitrogen and oxygen atoms in total. The highest BCUT2D eigenvalue weighted by atomic mass is 16.2. The van der Waals surface area contributed by atoms with E-state index in [1.54, 1.807) is 0 Å². The van der Waals surface area contributed by atoms with Gasteiger partial charge in [-0.1, -0.05) is 113 Å². The fraction of sp³-hybridized carbons (Fsp3) is 0.209. The van der Waals surface area contributed by atoms with Crippen molar-refractivity contribution in [1.82, 2.24) is 0 Å². The molecule has 0 bridgehead atoms. The van der Waals surface area contributed by atoms with Gasteiger partial charge in [-0.15, -0.1) is 0 Å². The number of fused-ring (bicyclic) bond motifs is 5. The molecule has 0 spiro atoms. The minimum absolute atomic E-state index is 0.00399. The van der Waals surface area contributed by atoms with E-state index >= 15 is 0 Å². The molecule has 0 radical (unpaired) electrons. The number of hydrogen-bond acceptors (Lipinski definition) is 3. The first-order chi connectivity index (χ1) is 22.0. The highest BCUT2D eigenvalue weighted by molar-refractivity contribution is 6.28. The number of ketones is 2. The third kappa shape index (κ3) is 4.33. The zero-order valence-corrected chi connectivity index (χ0v) is 27.0. The van der Waals surface area contributed by atoms with Gasteiger partial charge in [0.25, 0.3) is 0 Å². The molecule has 1 aliphatic heterocycles. The van der Waals surface area contributed by atoms with Gasteiger partial charge in [0.2, 0.25) is 0 Å². The largest absolute Gasteiger partial charge is 0.310 e. The van der Waals surface area contributed by atoms with Crippen LogP contribution in [0.1, 0.15) is 77.6 Å². The number of anilines is 3. The molecular formula is C43H37NO2. The molecule has 226 valence electrons. The molecule has 1 aliphatic carbocycles. The van der Waals surface area contributed by atoms with Gasteiger partial charge in [-0.2, -0.15) is 0 Å². The zero-order chi connectivity index (χ0) is 32.0. The van der Waals surface area contributed by atoms with Crippen LogP contribution in [-0.4, -0.2) is 11.6 Å². The summed E-state index contributed by atoms with van der Waals surface area (Å²) in [7, 11) is 0. The maximum Gasteiger partial charge on any atom is 0.174 e. The van der Waals surface area contributed by atoms with Crippen LogP contribution in [-0.2, 0) is 17.3 Å². The van der Waals surface area contributed by atoms with Crippen molar-refractivity contribution in [3.8, 4) is 0 Å². The third-order valence-electron chi connectivity index (χ3n) is 10.2. The number of rotatable bonds is 3. The Hall–Kier alpha value is -5.02. The molecule has 0 unspecified atom stereocenters. The van der Waals surface area contributed by atoms with Crippen LogP contribution >= 0.6 is 0 Å². The molecule has 0 N–H and O–H groups in total. The van der Waals surface area contributed by atoms with E-state index in [9.17, 15) is 9.59 Å². The van der Waals surface area contributed by atoms with E-state index in [0.717, 1.165) is 27.7 Å². The van der Waals surface area contributed by atoms with Gasteiger partial charge >= 0.3 is 0 Å². The number of hydrogen-bond donors (Lipinski definition) is 0. The molecule has 0 fully saturated rings. The first-order valence-corrected chi connectivity index (χ1v) is 16.2. The number of Topliss-reactive ketones (excluding diaryl/α,β-unsaturated/α-hetero) is 2. The molecule has 0 aromatic heterocycles. The minimum Gasteiger partial charge on any atom is -0.310 e. The molecule has 8 rings (SSSR count). The first-order valence-electron chi connectivity index (χ1n) is 16.2. The number of carbonyl (C=O) groups excluding carboxylic acids is 2. The summed E-state index contributed by atoms with van der Waals surface area (Å²) >= 11 is 0. The van der Waals surface area contributed by atoms with Crippen molar-refractivity contribution >= 4 is 50.2 Å². The number of benzene rings is 6. The van der Waals surface area contributed by atoms with Crippen molar-refractivity contribution in [3.05, 3.63) is 149 Å². The van der Waals surface area contributed by atoms with Gasteiger partial charge in [-0.3, -0.25) is 9.59 Å².